The Kier molecular flexibility index (Phi) is 7.75. The minimum Gasteiger partial charge on any atom is -0.486 e. The minimum absolute atomic E-state index is 0.000924. The first-order valence-corrected chi connectivity index (χ1v) is 12.8. The summed E-state index contributed by atoms with van der Waals surface area (Å²) in [4.78, 5) is 13.4. The lowest BCUT2D eigenvalue weighted by molar-refractivity contribution is -0.142. The van der Waals surface area contributed by atoms with Crippen LogP contribution in [0.5, 0.6) is 11.5 Å². The van der Waals surface area contributed by atoms with Gasteiger partial charge in [-0.15, -0.1) is 0 Å². The Hall–Kier alpha value is -4.10. The number of hydrogen-bond acceptors (Lipinski definition) is 6. The van der Waals surface area contributed by atoms with Gasteiger partial charge in [0.2, 0.25) is 0 Å². The number of halogens is 1. The average molecular weight is 515 g/mol. The van der Waals surface area contributed by atoms with E-state index in [1.807, 2.05) is 29.2 Å². The van der Waals surface area contributed by atoms with Gasteiger partial charge in [-0.2, -0.15) is 0 Å². The molecular formula is C31H31FN2O4. The largest absolute Gasteiger partial charge is 0.486 e. The number of para-hydroxylation sites is 2. The SMILES string of the molecule is COC(=O)COc1cccc(N2CC(CCN[C@H](C)c3cccc4ccccc34)Oc3ccccc32)c1F. The summed E-state index contributed by atoms with van der Waals surface area (Å²) in [6, 6.07) is 27.5. The Morgan fingerprint density at radius 2 is 1.76 bits per heavy atom. The molecule has 6 nitrogen and oxygen atoms in total. The van der Waals surface area contributed by atoms with Gasteiger partial charge in [0.05, 0.1) is 25.0 Å². The summed E-state index contributed by atoms with van der Waals surface area (Å²) in [6.45, 7) is 3.01. The van der Waals surface area contributed by atoms with Crippen LogP contribution in [-0.2, 0) is 9.53 Å². The third-order valence-electron chi connectivity index (χ3n) is 6.85. The summed E-state index contributed by atoms with van der Waals surface area (Å²) in [6.07, 6.45) is 0.580. The minimum atomic E-state index is -0.572. The van der Waals surface area contributed by atoms with Gasteiger partial charge < -0.3 is 24.4 Å². The number of nitrogens with one attached hydrogen (secondary N) is 1. The number of esters is 1. The molecule has 0 bridgehead atoms. The van der Waals surface area contributed by atoms with E-state index in [0.717, 1.165) is 18.7 Å². The number of carbonyl (C=O) groups excluding carboxylic acids is 1. The van der Waals surface area contributed by atoms with Crippen molar-refractivity contribution >= 4 is 28.1 Å². The molecule has 0 aromatic heterocycles. The zero-order valence-electron chi connectivity index (χ0n) is 21.5. The first kappa shape index (κ1) is 25.5. The zero-order chi connectivity index (χ0) is 26.5. The average Bonchev–Trinajstić information content (AvgIpc) is 2.95. The van der Waals surface area contributed by atoms with Crippen LogP contribution in [0.2, 0.25) is 0 Å². The summed E-state index contributed by atoms with van der Waals surface area (Å²) in [5.41, 5.74) is 2.40. The predicted molar refractivity (Wildman–Crippen MR) is 147 cm³/mol. The van der Waals surface area contributed by atoms with Crippen molar-refractivity contribution in [3.05, 3.63) is 96.3 Å². The van der Waals surface area contributed by atoms with Crippen LogP contribution in [0.1, 0.15) is 24.9 Å². The molecule has 0 aliphatic carbocycles. The van der Waals surface area contributed by atoms with Gasteiger partial charge in [-0.05, 0) is 60.5 Å². The van der Waals surface area contributed by atoms with E-state index in [2.05, 4.69) is 59.4 Å². The molecule has 0 saturated carbocycles. The molecule has 1 aliphatic rings. The Bertz CT molecular complexity index is 1420. The fourth-order valence-corrected chi connectivity index (χ4v) is 4.89. The second kappa shape index (κ2) is 11.5. The zero-order valence-corrected chi connectivity index (χ0v) is 21.5. The molecule has 196 valence electrons. The van der Waals surface area contributed by atoms with Gasteiger partial charge in [0, 0.05) is 6.04 Å². The second-order valence-corrected chi connectivity index (χ2v) is 9.31. The highest BCUT2D eigenvalue weighted by atomic mass is 19.1. The number of rotatable bonds is 9. The number of carbonyl (C=O) groups is 1. The molecule has 0 radical (unpaired) electrons. The standard InChI is InChI=1S/C31H31FN2O4/c1-21(24-12-7-10-22-9-3-4-11-25(22)24)33-18-17-23-19-34(26-13-5-6-15-28(26)38-23)27-14-8-16-29(31(27)32)37-20-30(35)36-2/h3-16,21,23,33H,17-20H2,1-2H3/t21-,23?/m1/s1. The third kappa shape index (κ3) is 5.43. The normalized spacial score (nSPS) is 15.4. The molecule has 4 aromatic carbocycles. The lowest BCUT2D eigenvalue weighted by Gasteiger charge is -2.36. The molecule has 4 aromatic rings. The molecule has 38 heavy (non-hydrogen) atoms. The number of nitrogens with zero attached hydrogens (tertiary/aromatic N) is 1. The van der Waals surface area contributed by atoms with Gasteiger partial charge in [0.1, 0.15) is 11.9 Å². The maximum Gasteiger partial charge on any atom is 0.343 e. The number of benzene rings is 4. The van der Waals surface area contributed by atoms with Crippen molar-refractivity contribution < 1.29 is 23.4 Å². The van der Waals surface area contributed by atoms with Crippen molar-refractivity contribution in [3.8, 4) is 11.5 Å². The lowest BCUT2D eigenvalue weighted by Crippen LogP contribution is -2.39. The molecule has 1 unspecified atom stereocenters. The van der Waals surface area contributed by atoms with Gasteiger partial charge in [-0.25, -0.2) is 9.18 Å². The lowest BCUT2D eigenvalue weighted by atomic mass is 9.99. The highest BCUT2D eigenvalue weighted by Gasteiger charge is 2.29. The Labute approximate surface area is 221 Å². The van der Waals surface area contributed by atoms with Crippen LogP contribution in [-0.4, -0.2) is 38.9 Å². The monoisotopic (exact) mass is 514 g/mol. The highest BCUT2D eigenvalue weighted by molar-refractivity contribution is 5.86. The number of methoxy groups -OCH3 is 1. The quantitative estimate of drug-likeness (QED) is 0.270. The first-order chi connectivity index (χ1) is 18.5. The molecule has 5 rings (SSSR count). The van der Waals surface area contributed by atoms with Crippen LogP contribution in [0.4, 0.5) is 15.8 Å². The smallest absolute Gasteiger partial charge is 0.343 e. The van der Waals surface area contributed by atoms with Crippen molar-refractivity contribution in [1.29, 1.82) is 0 Å². The topological polar surface area (TPSA) is 60.0 Å². The summed E-state index contributed by atoms with van der Waals surface area (Å²) in [5, 5.41) is 6.10. The van der Waals surface area contributed by atoms with E-state index in [1.165, 1.54) is 29.5 Å². The summed E-state index contributed by atoms with van der Waals surface area (Å²) in [7, 11) is 1.26. The maximum atomic E-state index is 15.5. The Morgan fingerprint density at radius 3 is 2.63 bits per heavy atom. The summed E-state index contributed by atoms with van der Waals surface area (Å²) < 4.78 is 31.8. The van der Waals surface area contributed by atoms with Crippen LogP contribution in [0.3, 0.4) is 0 Å². The Balaban J connectivity index is 1.30. The Morgan fingerprint density at radius 1 is 1.03 bits per heavy atom. The molecule has 1 N–H and O–H groups in total. The van der Waals surface area contributed by atoms with Gasteiger partial charge in [0.15, 0.2) is 18.2 Å². The van der Waals surface area contributed by atoms with E-state index >= 15 is 4.39 Å². The summed E-state index contributed by atoms with van der Waals surface area (Å²) in [5.74, 6) is -0.406. The van der Waals surface area contributed by atoms with Crippen LogP contribution in [0.15, 0.2) is 84.9 Å². The van der Waals surface area contributed by atoms with Crippen molar-refractivity contribution in [2.75, 3.05) is 31.7 Å². The predicted octanol–water partition coefficient (Wildman–Crippen LogP) is 6.17. The van der Waals surface area contributed by atoms with Gasteiger partial charge in [-0.1, -0.05) is 60.7 Å². The fourth-order valence-electron chi connectivity index (χ4n) is 4.89. The number of hydrogen-bond donors (Lipinski definition) is 1. The highest BCUT2D eigenvalue weighted by Crippen LogP contribution is 2.41. The van der Waals surface area contributed by atoms with Gasteiger partial charge >= 0.3 is 5.97 Å². The van der Waals surface area contributed by atoms with Crippen molar-refractivity contribution in [1.82, 2.24) is 5.32 Å². The molecular weight excluding hydrogens is 483 g/mol. The fraction of sp³-hybridized carbons (Fsp3) is 0.258. The molecule has 0 spiro atoms. The van der Waals surface area contributed by atoms with E-state index in [1.54, 1.807) is 12.1 Å². The molecule has 0 amide bonds. The van der Waals surface area contributed by atoms with Crippen molar-refractivity contribution in [3.63, 3.8) is 0 Å². The van der Waals surface area contributed by atoms with Gasteiger partial charge in [-0.3, -0.25) is 0 Å². The number of fused-ring (bicyclic) bond motifs is 2. The van der Waals surface area contributed by atoms with E-state index < -0.39 is 11.8 Å². The molecule has 1 aliphatic heterocycles. The van der Waals surface area contributed by atoms with E-state index in [9.17, 15) is 4.79 Å². The molecule has 2 atom stereocenters. The molecule has 0 saturated heterocycles. The van der Waals surface area contributed by atoms with Crippen molar-refractivity contribution in [2.24, 2.45) is 0 Å². The third-order valence-corrected chi connectivity index (χ3v) is 6.85. The maximum absolute atomic E-state index is 15.5. The van der Waals surface area contributed by atoms with Gasteiger partial charge in [0.25, 0.3) is 0 Å². The second-order valence-electron chi connectivity index (χ2n) is 9.31. The molecule has 7 heteroatoms. The summed E-state index contributed by atoms with van der Waals surface area (Å²) >= 11 is 0. The number of anilines is 2. The van der Waals surface area contributed by atoms with E-state index in [-0.39, 0.29) is 24.5 Å². The van der Waals surface area contributed by atoms with E-state index in [4.69, 9.17) is 9.47 Å². The number of ether oxygens (including phenoxy) is 3. The van der Waals surface area contributed by atoms with Crippen LogP contribution >= 0.6 is 0 Å². The van der Waals surface area contributed by atoms with E-state index in [0.29, 0.717) is 18.0 Å². The first-order valence-electron chi connectivity index (χ1n) is 12.8. The molecule has 0 fully saturated rings. The van der Waals surface area contributed by atoms with Crippen LogP contribution in [0, 0.1) is 5.82 Å². The van der Waals surface area contributed by atoms with Crippen LogP contribution < -0.4 is 19.7 Å². The van der Waals surface area contributed by atoms with Crippen LogP contribution in [0.25, 0.3) is 10.8 Å². The molecule has 1 heterocycles. The van der Waals surface area contributed by atoms with Crippen molar-refractivity contribution in [2.45, 2.75) is 25.5 Å².